The first-order chi connectivity index (χ1) is 8.67. The van der Waals surface area contributed by atoms with Crippen LogP contribution >= 0.6 is 43.2 Å². The molecule has 1 heterocycles. The summed E-state index contributed by atoms with van der Waals surface area (Å²) >= 11 is 8.95. The molecule has 0 bridgehead atoms. The van der Waals surface area contributed by atoms with Crippen molar-refractivity contribution >= 4 is 43.2 Å². The van der Waals surface area contributed by atoms with Gasteiger partial charge in [0.05, 0.1) is 9.83 Å². The van der Waals surface area contributed by atoms with E-state index in [0.29, 0.717) is 12.6 Å². The standard InChI is InChI=1S/C13H20Br2N2S/c1-2-17(9-5-3-4-6-9)11(8-16)12-7-10(14)13(15)18-12/h7,9,11H,2-6,8,16H2,1H3. The van der Waals surface area contributed by atoms with Gasteiger partial charge in [0.15, 0.2) is 0 Å². The van der Waals surface area contributed by atoms with Gasteiger partial charge in [0.1, 0.15) is 0 Å². The van der Waals surface area contributed by atoms with Crippen LogP contribution in [-0.2, 0) is 0 Å². The first-order valence-electron chi connectivity index (χ1n) is 6.57. The molecule has 2 N–H and O–H groups in total. The second-order valence-electron chi connectivity index (χ2n) is 4.79. The molecule has 0 aliphatic heterocycles. The van der Waals surface area contributed by atoms with Crippen LogP contribution in [0.15, 0.2) is 14.3 Å². The summed E-state index contributed by atoms with van der Waals surface area (Å²) in [6, 6.07) is 3.30. The SMILES string of the molecule is CCN(C1CCCC1)C(CN)c1cc(Br)c(Br)s1. The highest BCUT2D eigenvalue weighted by molar-refractivity contribution is 9.13. The molecule has 1 aromatic rings. The smallest absolute Gasteiger partial charge is 0.0843 e. The monoisotopic (exact) mass is 394 g/mol. The number of nitrogens with two attached hydrogens (primary N) is 1. The van der Waals surface area contributed by atoms with Crippen LogP contribution < -0.4 is 5.73 Å². The van der Waals surface area contributed by atoms with Crippen molar-refractivity contribution in [2.45, 2.75) is 44.7 Å². The van der Waals surface area contributed by atoms with Crippen LogP contribution in [0.2, 0.25) is 0 Å². The Hall–Kier alpha value is 0.580. The van der Waals surface area contributed by atoms with Crippen molar-refractivity contribution in [1.29, 1.82) is 0 Å². The zero-order valence-electron chi connectivity index (χ0n) is 10.7. The van der Waals surface area contributed by atoms with E-state index in [1.165, 1.54) is 34.3 Å². The molecule has 1 atom stereocenters. The van der Waals surface area contributed by atoms with E-state index in [-0.39, 0.29) is 0 Å². The third-order valence-corrected chi connectivity index (χ3v) is 7.13. The summed E-state index contributed by atoms with van der Waals surface area (Å²) in [5.41, 5.74) is 6.04. The predicted octanol–water partition coefficient (Wildman–Crippen LogP) is 4.54. The highest BCUT2D eigenvalue weighted by Gasteiger charge is 2.29. The Bertz CT molecular complexity index is 369. The number of rotatable bonds is 5. The fourth-order valence-corrected chi connectivity index (χ4v) is 5.14. The first-order valence-corrected chi connectivity index (χ1v) is 8.98. The van der Waals surface area contributed by atoms with E-state index in [2.05, 4.69) is 49.7 Å². The third kappa shape index (κ3) is 3.18. The number of nitrogens with zero attached hydrogens (tertiary/aromatic N) is 1. The van der Waals surface area contributed by atoms with Crippen LogP contribution in [0.25, 0.3) is 0 Å². The van der Waals surface area contributed by atoms with Gasteiger partial charge in [0.2, 0.25) is 0 Å². The number of hydrogen-bond donors (Lipinski definition) is 1. The van der Waals surface area contributed by atoms with Crippen LogP contribution in [-0.4, -0.2) is 24.0 Å². The average molecular weight is 396 g/mol. The van der Waals surface area contributed by atoms with Crippen molar-refractivity contribution in [3.05, 3.63) is 19.2 Å². The first kappa shape index (κ1) is 15.0. The second-order valence-corrected chi connectivity index (χ2v) is 8.05. The van der Waals surface area contributed by atoms with Crippen molar-refractivity contribution < 1.29 is 0 Å². The Morgan fingerprint density at radius 3 is 2.56 bits per heavy atom. The summed E-state index contributed by atoms with van der Waals surface area (Å²) in [6.45, 7) is 4.03. The van der Waals surface area contributed by atoms with E-state index in [1.54, 1.807) is 11.3 Å². The van der Waals surface area contributed by atoms with Gasteiger partial charge in [-0.3, -0.25) is 4.90 Å². The summed E-state index contributed by atoms with van der Waals surface area (Å²) in [5, 5.41) is 0. The van der Waals surface area contributed by atoms with Crippen molar-refractivity contribution in [2.24, 2.45) is 5.73 Å². The Balaban J connectivity index is 2.19. The zero-order valence-corrected chi connectivity index (χ0v) is 14.7. The number of thiophene rings is 1. The molecule has 5 heteroatoms. The molecular formula is C13H20Br2N2S. The molecule has 1 unspecified atom stereocenters. The molecule has 1 aromatic heterocycles. The van der Waals surface area contributed by atoms with Gasteiger partial charge in [-0.25, -0.2) is 0 Å². The summed E-state index contributed by atoms with van der Waals surface area (Å²) in [7, 11) is 0. The molecule has 0 aromatic carbocycles. The van der Waals surface area contributed by atoms with Gasteiger partial charge in [0.25, 0.3) is 0 Å². The van der Waals surface area contributed by atoms with E-state index < -0.39 is 0 Å². The molecule has 1 aliphatic carbocycles. The average Bonchev–Trinajstić information content (AvgIpc) is 2.97. The molecule has 0 spiro atoms. The molecule has 102 valence electrons. The van der Waals surface area contributed by atoms with E-state index in [0.717, 1.165) is 17.1 Å². The maximum atomic E-state index is 6.04. The molecule has 18 heavy (non-hydrogen) atoms. The maximum absolute atomic E-state index is 6.04. The molecule has 1 saturated carbocycles. The Labute approximate surface area is 130 Å². The van der Waals surface area contributed by atoms with Crippen molar-refractivity contribution in [1.82, 2.24) is 4.90 Å². The van der Waals surface area contributed by atoms with Gasteiger partial charge in [-0.15, -0.1) is 11.3 Å². The normalized spacial score (nSPS) is 18.7. The highest BCUT2D eigenvalue weighted by atomic mass is 79.9. The van der Waals surface area contributed by atoms with Crippen molar-refractivity contribution in [3.63, 3.8) is 0 Å². The van der Waals surface area contributed by atoms with E-state index in [9.17, 15) is 0 Å². The van der Waals surface area contributed by atoms with Gasteiger partial charge in [-0.1, -0.05) is 19.8 Å². The van der Waals surface area contributed by atoms with Crippen LogP contribution in [0.5, 0.6) is 0 Å². The van der Waals surface area contributed by atoms with Gasteiger partial charge in [0, 0.05) is 21.9 Å². The van der Waals surface area contributed by atoms with Gasteiger partial charge < -0.3 is 5.73 Å². The minimum atomic E-state index is 0.366. The van der Waals surface area contributed by atoms with Crippen LogP contribution in [0.3, 0.4) is 0 Å². The number of halogens is 2. The minimum Gasteiger partial charge on any atom is -0.329 e. The fourth-order valence-electron chi connectivity index (χ4n) is 2.91. The number of likely N-dealkylation sites (N-methyl/N-ethyl adjacent to an activating group) is 1. The lowest BCUT2D eigenvalue weighted by molar-refractivity contribution is 0.149. The fraction of sp³-hybridized carbons (Fsp3) is 0.692. The molecule has 1 fully saturated rings. The lowest BCUT2D eigenvalue weighted by atomic mass is 10.1. The van der Waals surface area contributed by atoms with Gasteiger partial charge in [-0.05, 0) is 57.3 Å². The van der Waals surface area contributed by atoms with E-state index in [4.69, 9.17) is 5.73 Å². The van der Waals surface area contributed by atoms with Crippen LogP contribution in [0.4, 0.5) is 0 Å². The maximum Gasteiger partial charge on any atom is 0.0843 e. The van der Waals surface area contributed by atoms with E-state index in [1.807, 2.05) is 0 Å². The highest BCUT2D eigenvalue weighted by Crippen LogP contribution is 2.39. The summed E-state index contributed by atoms with van der Waals surface area (Å²) in [4.78, 5) is 3.96. The minimum absolute atomic E-state index is 0.366. The second kappa shape index (κ2) is 6.84. The lowest BCUT2D eigenvalue weighted by Crippen LogP contribution is -2.39. The molecular weight excluding hydrogens is 376 g/mol. The quantitative estimate of drug-likeness (QED) is 0.792. The number of hydrogen-bond acceptors (Lipinski definition) is 3. The molecule has 2 rings (SSSR count). The summed E-state index contributed by atoms with van der Waals surface area (Å²) < 4.78 is 2.31. The Kier molecular flexibility index (Phi) is 5.69. The lowest BCUT2D eigenvalue weighted by Gasteiger charge is -2.34. The Morgan fingerprint density at radius 2 is 2.11 bits per heavy atom. The van der Waals surface area contributed by atoms with Crippen molar-refractivity contribution in [2.75, 3.05) is 13.1 Å². The summed E-state index contributed by atoms with van der Waals surface area (Å²) in [6.07, 6.45) is 5.41. The van der Waals surface area contributed by atoms with E-state index >= 15 is 0 Å². The molecule has 2 nitrogen and oxygen atoms in total. The topological polar surface area (TPSA) is 29.3 Å². The van der Waals surface area contributed by atoms with Crippen LogP contribution in [0, 0.1) is 0 Å². The molecule has 1 aliphatic rings. The predicted molar refractivity (Wildman–Crippen MR) is 86.2 cm³/mol. The third-order valence-electron chi connectivity index (χ3n) is 3.78. The summed E-state index contributed by atoms with van der Waals surface area (Å²) in [5.74, 6) is 0. The molecule has 0 amide bonds. The van der Waals surface area contributed by atoms with Crippen molar-refractivity contribution in [3.8, 4) is 0 Å². The Morgan fingerprint density at radius 1 is 1.44 bits per heavy atom. The van der Waals surface area contributed by atoms with Gasteiger partial charge >= 0.3 is 0 Å². The molecule has 0 saturated heterocycles. The van der Waals surface area contributed by atoms with Crippen LogP contribution in [0.1, 0.15) is 43.5 Å². The largest absolute Gasteiger partial charge is 0.329 e. The van der Waals surface area contributed by atoms with Gasteiger partial charge in [-0.2, -0.15) is 0 Å². The zero-order chi connectivity index (χ0) is 13.1. The molecule has 0 radical (unpaired) electrons.